The number of hydrogen-bond donors (Lipinski definition) is 0. The highest BCUT2D eigenvalue weighted by molar-refractivity contribution is 5.86. The molecule has 1 saturated heterocycles. The van der Waals surface area contributed by atoms with Crippen LogP contribution in [0.5, 0.6) is 17.2 Å². The molecule has 0 bridgehead atoms. The summed E-state index contributed by atoms with van der Waals surface area (Å²) >= 11 is 0. The van der Waals surface area contributed by atoms with E-state index < -0.39 is 29.8 Å². The fourth-order valence-electron chi connectivity index (χ4n) is 3.20. The lowest BCUT2D eigenvalue weighted by atomic mass is 10.2. The number of esters is 1. The summed E-state index contributed by atoms with van der Waals surface area (Å²) in [5.41, 5.74) is 0. The van der Waals surface area contributed by atoms with Gasteiger partial charge in [0.25, 0.3) is 5.91 Å². The first-order chi connectivity index (χ1) is 14.0. The molecule has 0 N–H and O–H groups in total. The number of carbonyl (C=O) groups is 2. The van der Waals surface area contributed by atoms with Gasteiger partial charge in [-0.2, -0.15) is 0 Å². The summed E-state index contributed by atoms with van der Waals surface area (Å²) in [5.74, 6) is -0.503. The Bertz CT molecular complexity index is 874. The Morgan fingerprint density at radius 3 is 2.34 bits per heavy atom. The van der Waals surface area contributed by atoms with Crippen LogP contribution in [0.25, 0.3) is 0 Å². The van der Waals surface area contributed by atoms with Crippen molar-refractivity contribution in [1.82, 2.24) is 4.90 Å². The van der Waals surface area contributed by atoms with Crippen LogP contribution in [0.3, 0.4) is 0 Å². The van der Waals surface area contributed by atoms with Crippen molar-refractivity contribution >= 4 is 11.9 Å². The number of nitrogens with zero attached hydrogens (tertiary/aromatic N) is 1. The van der Waals surface area contributed by atoms with E-state index in [-0.39, 0.29) is 25.3 Å². The summed E-state index contributed by atoms with van der Waals surface area (Å²) in [7, 11) is 2.75. The van der Waals surface area contributed by atoms with E-state index in [0.717, 1.165) is 0 Å². The molecule has 8 heteroatoms. The summed E-state index contributed by atoms with van der Waals surface area (Å²) < 4.78 is 35.1. The van der Waals surface area contributed by atoms with Crippen LogP contribution < -0.4 is 14.2 Å². The Kier molecular flexibility index (Phi) is 6.54. The molecule has 0 radical (unpaired) electrons. The second-order valence-electron chi connectivity index (χ2n) is 6.43. The molecule has 2 aromatic carbocycles. The van der Waals surface area contributed by atoms with Crippen molar-refractivity contribution in [3.63, 3.8) is 0 Å². The lowest BCUT2D eigenvalue weighted by molar-refractivity contribution is -0.151. The van der Waals surface area contributed by atoms with E-state index in [1.165, 1.54) is 31.3 Å². The van der Waals surface area contributed by atoms with Crippen LogP contribution >= 0.6 is 0 Å². The van der Waals surface area contributed by atoms with Gasteiger partial charge in [-0.3, -0.25) is 4.79 Å². The van der Waals surface area contributed by atoms with E-state index in [0.29, 0.717) is 11.5 Å². The lowest BCUT2D eigenvalue weighted by Gasteiger charge is -2.22. The first-order valence-electron chi connectivity index (χ1n) is 9.07. The monoisotopic (exact) mass is 403 g/mol. The van der Waals surface area contributed by atoms with Gasteiger partial charge in [0.05, 0.1) is 20.8 Å². The predicted molar refractivity (Wildman–Crippen MR) is 101 cm³/mol. The molecular weight excluding hydrogens is 381 g/mol. The average Bonchev–Trinajstić information content (AvgIpc) is 3.17. The number of para-hydroxylation sites is 3. The maximum atomic E-state index is 13.9. The minimum absolute atomic E-state index is 0.0701. The van der Waals surface area contributed by atoms with Crippen molar-refractivity contribution in [3.05, 3.63) is 54.3 Å². The molecule has 3 rings (SSSR count). The molecule has 1 aliphatic heterocycles. The molecule has 0 unspecified atom stereocenters. The SMILES string of the molecule is COC(=O)[C@@H]1C[C@H](Oc2ccccc2F)CN1C(=O)COc1ccccc1OC. The first-order valence-corrected chi connectivity index (χ1v) is 9.07. The van der Waals surface area contributed by atoms with E-state index in [1.54, 1.807) is 36.4 Å². The van der Waals surface area contributed by atoms with Crippen LogP contribution in [0.2, 0.25) is 0 Å². The molecule has 1 fully saturated rings. The quantitative estimate of drug-likeness (QED) is 0.661. The van der Waals surface area contributed by atoms with Gasteiger partial charge in [-0.15, -0.1) is 0 Å². The molecule has 2 aromatic rings. The van der Waals surface area contributed by atoms with Crippen LogP contribution in [-0.4, -0.2) is 56.3 Å². The number of carbonyl (C=O) groups excluding carboxylic acids is 2. The molecule has 0 spiro atoms. The standard InChI is InChI=1S/C21H22FNO6/c1-26-18-9-5-6-10-19(18)28-13-20(24)23-12-14(11-16(23)21(25)27-2)29-17-8-4-3-7-15(17)22/h3-10,14,16H,11-13H2,1-2H3/t14-,16-/m0/s1. The van der Waals surface area contributed by atoms with E-state index in [2.05, 4.69) is 0 Å². The number of benzene rings is 2. The number of likely N-dealkylation sites (tertiary alicyclic amines) is 1. The van der Waals surface area contributed by atoms with Crippen molar-refractivity contribution in [2.75, 3.05) is 27.4 Å². The molecule has 2 atom stereocenters. The second-order valence-corrected chi connectivity index (χ2v) is 6.43. The molecular formula is C21H22FNO6. The van der Waals surface area contributed by atoms with Crippen molar-refractivity contribution in [1.29, 1.82) is 0 Å². The number of halogens is 1. The zero-order valence-corrected chi connectivity index (χ0v) is 16.2. The molecule has 29 heavy (non-hydrogen) atoms. The van der Waals surface area contributed by atoms with Crippen molar-refractivity contribution in [2.24, 2.45) is 0 Å². The van der Waals surface area contributed by atoms with Gasteiger partial charge in [0.15, 0.2) is 29.7 Å². The highest BCUT2D eigenvalue weighted by Crippen LogP contribution is 2.28. The second kappa shape index (κ2) is 9.27. The molecule has 0 aliphatic carbocycles. The zero-order chi connectivity index (χ0) is 20.8. The van der Waals surface area contributed by atoms with Gasteiger partial charge < -0.3 is 23.8 Å². The maximum absolute atomic E-state index is 13.9. The number of hydrogen-bond acceptors (Lipinski definition) is 6. The number of ether oxygens (including phenoxy) is 4. The average molecular weight is 403 g/mol. The van der Waals surface area contributed by atoms with Crippen LogP contribution in [0.1, 0.15) is 6.42 Å². The minimum Gasteiger partial charge on any atom is -0.493 e. The van der Waals surface area contributed by atoms with Gasteiger partial charge in [-0.25, -0.2) is 9.18 Å². The molecule has 0 saturated carbocycles. The number of rotatable bonds is 7. The highest BCUT2D eigenvalue weighted by Gasteiger charge is 2.41. The van der Waals surface area contributed by atoms with Gasteiger partial charge in [-0.1, -0.05) is 24.3 Å². The Morgan fingerprint density at radius 2 is 1.69 bits per heavy atom. The summed E-state index contributed by atoms with van der Waals surface area (Å²) in [6.45, 7) is -0.178. The summed E-state index contributed by atoms with van der Waals surface area (Å²) in [6.07, 6.45) is -0.354. The highest BCUT2D eigenvalue weighted by atomic mass is 19.1. The third-order valence-electron chi connectivity index (χ3n) is 4.61. The van der Waals surface area contributed by atoms with Gasteiger partial charge in [0, 0.05) is 6.42 Å². The summed E-state index contributed by atoms with van der Waals surface area (Å²) in [4.78, 5) is 26.2. The summed E-state index contributed by atoms with van der Waals surface area (Å²) in [5, 5.41) is 0. The summed E-state index contributed by atoms with van der Waals surface area (Å²) in [6, 6.07) is 12.1. The van der Waals surface area contributed by atoms with Crippen molar-refractivity contribution in [2.45, 2.75) is 18.6 Å². The number of amides is 1. The molecule has 154 valence electrons. The van der Waals surface area contributed by atoms with Crippen LogP contribution in [0.4, 0.5) is 4.39 Å². The zero-order valence-electron chi connectivity index (χ0n) is 16.2. The fourth-order valence-corrected chi connectivity index (χ4v) is 3.20. The smallest absolute Gasteiger partial charge is 0.328 e. The molecule has 1 heterocycles. The van der Waals surface area contributed by atoms with E-state index in [9.17, 15) is 14.0 Å². The van der Waals surface area contributed by atoms with E-state index >= 15 is 0 Å². The van der Waals surface area contributed by atoms with Crippen molar-refractivity contribution < 1.29 is 32.9 Å². The normalized spacial score (nSPS) is 18.2. The minimum atomic E-state index is -0.828. The van der Waals surface area contributed by atoms with E-state index in [4.69, 9.17) is 18.9 Å². The van der Waals surface area contributed by atoms with E-state index in [1.807, 2.05) is 0 Å². The van der Waals surface area contributed by atoms with Crippen LogP contribution in [0, 0.1) is 5.82 Å². The van der Waals surface area contributed by atoms with Crippen LogP contribution in [-0.2, 0) is 14.3 Å². The first kappa shape index (κ1) is 20.4. The van der Waals surface area contributed by atoms with Gasteiger partial charge in [0.2, 0.25) is 0 Å². The lowest BCUT2D eigenvalue weighted by Crippen LogP contribution is -2.43. The number of methoxy groups -OCH3 is 2. The van der Waals surface area contributed by atoms with Gasteiger partial charge >= 0.3 is 5.97 Å². The molecule has 1 amide bonds. The predicted octanol–water partition coefficient (Wildman–Crippen LogP) is 2.43. The fraction of sp³-hybridized carbons (Fsp3) is 0.333. The Morgan fingerprint density at radius 1 is 1.03 bits per heavy atom. The molecule has 0 aromatic heterocycles. The Balaban J connectivity index is 1.69. The molecule has 7 nitrogen and oxygen atoms in total. The third kappa shape index (κ3) is 4.77. The third-order valence-corrected chi connectivity index (χ3v) is 4.61. The molecule has 1 aliphatic rings. The Hall–Kier alpha value is -3.29. The largest absolute Gasteiger partial charge is 0.493 e. The topological polar surface area (TPSA) is 74.3 Å². The Labute approximate surface area is 167 Å². The van der Waals surface area contributed by atoms with Crippen LogP contribution in [0.15, 0.2) is 48.5 Å². The van der Waals surface area contributed by atoms with Gasteiger partial charge in [0.1, 0.15) is 12.1 Å². The van der Waals surface area contributed by atoms with Gasteiger partial charge in [-0.05, 0) is 24.3 Å². The maximum Gasteiger partial charge on any atom is 0.328 e. The van der Waals surface area contributed by atoms with Crippen molar-refractivity contribution in [3.8, 4) is 17.2 Å².